The molecule has 2 aliphatic carbocycles. The summed E-state index contributed by atoms with van der Waals surface area (Å²) in [6, 6.07) is 0. The molecule has 2 fully saturated rings. The summed E-state index contributed by atoms with van der Waals surface area (Å²) in [4.78, 5) is 0. The number of hydrogen-bond donors (Lipinski definition) is 1. The van der Waals surface area contributed by atoms with E-state index in [4.69, 9.17) is 4.74 Å². The Balaban J connectivity index is 1.99. The van der Waals surface area contributed by atoms with Crippen molar-refractivity contribution < 1.29 is 9.84 Å². The number of aliphatic hydroxyl groups excluding tert-OH is 1. The average Bonchev–Trinajstić information content (AvgIpc) is 2.64. The fourth-order valence-electron chi connectivity index (χ4n) is 4.23. The third-order valence-electron chi connectivity index (χ3n) is 5.26. The Hall–Kier alpha value is -0.760. The van der Waals surface area contributed by atoms with Gasteiger partial charge >= 0.3 is 0 Å². The monoisotopic (exact) mass is 234 g/mol. The van der Waals surface area contributed by atoms with E-state index in [1.165, 1.54) is 12.0 Å². The second kappa shape index (κ2) is 3.61. The van der Waals surface area contributed by atoms with Crippen LogP contribution in [0.15, 0.2) is 24.0 Å². The van der Waals surface area contributed by atoms with Gasteiger partial charge in [0, 0.05) is 23.7 Å². The Morgan fingerprint density at radius 2 is 2.29 bits per heavy atom. The van der Waals surface area contributed by atoms with Crippen LogP contribution < -0.4 is 0 Å². The van der Waals surface area contributed by atoms with Gasteiger partial charge in [0.2, 0.25) is 0 Å². The zero-order valence-electron chi connectivity index (χ0n) is 10.8. The van der Waals surface area contributed by atoms with Gasteiger partial charge in [0.1, 0.15) is 6.10 Å². The molecule has 0 bridgehead atoms. The molecule has 0 aromatic carbocycles. The molecule has 17 heavy (non-hydrogen) atoms. The highest BCUT2D eigenvalue weighted by atomic mass is 16.5. The Bertz CT molecular complexity index is 384. The van der Waals surface area contributed by atoms with Crippen molar-refractivity contribution in [2.45, 2.75) is 51.7 Å². The SMILES string of the molecule is C=C1C[C@@H]2CC[C@]3(C)C(C(C)=CC[C@H]3O)[C@H]2O1. The molecular formula is C15H22O2. The van der Waals surface area contributed by atoms with Gasteiger partial charge in [-0.3, -0.25) is 0 Å². The largest absolute Gasteiger partial charge is 0.494 e. The summed E-state index contributed by atoms with van der Waals surface area (Å²) < 4.78 is 5.97. The maximum absolute atomic E-state index is 10.3. The Kier molecular flexibility index (Phi) is 2.41. The third kappa shape index (κ3) is 1.50. The number of aliphatic hydroxyl groups is 1. The van der Waals surface area contributed by atoms with Gasteiger partial charge in [-0.05, 0) is 26.2 Å². The van der Waals surface area contributed by atoms with Crippen molar-refractivity contribution in [3.8, 4) is 0 Å². The molecule has 94 valence electrons. The fraction of sp³-hybridized carbons (Fsp3) is 0.733. The molecule has 1 heterocycles. The molecule has 3 rings (SSSR count). The highest BCUT2D eigenvalue weighted by molar-refractivity contribution is 5.22. The molecule has 1 unspecified atom stereocenters. The Morgan fingerprint density at radius 3 is 3.06 bits per heavy atom. The van der Waals surface area contributed by atoms with Crippen LogP contribution in [0.3, 0.4) is 0 Å². The van der Waals surface area contributed by atoms with E-state index in [0.29, 0.717) is 11.8 Å². The summed E-state index contributed by atoms with van der Waals surface area (Å²) in [5.74, 6) is 1.94. The molecule has 2 nitrogen and oxygen atoms in total. The second-order valence-electron chi connectivity index (χ2n) is 6.31. The van der Waals surface area contributed by atoms with Crippen molar-refractivity contribution in [3.05, 3.63) is 24.0 Å². The van der Waals surface area contributed by atoms with Crippen LogP contribution in [-0.4, -0.2) is 17.3 Å². The van der Waals surface area contributed by atoms with E-state index >= 15 is 0 Å². The molecule has 5 atom stereocenters. The Labute approximate surface area is 103 Å². The van der Waals surface area contributed by atoms with Crippen molar-refractivity contribution in [1.82, 2.24) is 0 Å². The average molecular weight is 234 g/mol. The van der Waals surface area contributed by atoms with E-state index < -0.39 is 0 Å². The number of fused-ring (bicyclic) bond motifs is 3. The lowest BCUT2D eigenvalue weighted by Gasteiger charge is -2.51. The minimum Gasteiger partial charge on any atom is -0.494 e. The summed E-state index contributed by atoms with van der Waals surface area (Å²) in [5.41, 5.74) is 1.41. The van der Waals surface area contributed by atoms with Gasteiger partial charge in [-0.25, -0.2) is 0 Å². The summed E-state index contributed by atoms with van der Waals surface area (Å²) in [5, 5.41) is 10.3. The summed E-state index contributed by atoms with van der Waals surface area (Å²) >= 11 is 0. The van der Waals surface area contributed by atoms with Gasteiger partial charge in [0.25, 0.3) is 0 Å². The Morgan fingerprint density at radius 1 is 1.53 bits per heavy atom. The summed E-state index contributed by atoms with van der Waals surface area (Å²) in [6.07, 6.45) is 6.34. The first kappa shape index (κ1) is 11.3. The van der Waals surface area contributed by atoms with Crippen molar-refractivity contribution >= 4 is 0 Å². The predicted octanol–water partition coefficient (Wildman–Crippen LogP) is 3.03. The molecule has 0 amide bonds. The molecule has 1 N–H and O–H groups in total. The second-order valence-corrected chi connectivity index (χ2v) is 6.31. The van der Waals surface area contributed by atoms with E-state index in [9.17, 15) is 5.11 Å². The molecule has 3 aliphatic rings. The van der Waals surface area contributed by atoms with Crippen LogP contribution in [0, 0.1) is 17.3 Å². The first-order valence-electron chi connectivity index (χ1n) is 6.71. The van der Waals surface area contributed by atoms with Gasteiger partial charge in [-0.15, -0.1) is 0 Å². The third-order valence-corrected chi connectivity index (χ3v) is 5.26. The number of ether oxygens (including phenoxy) is 1. The molecule has 0 radical (unpaired) electrons. The van der Waals surface area contributed by atoms with E-state index in [1.54, 1.807) is 0 Å². The van der Waals surface area contributed by atoms with E-state index in [0.717, 1.165) is 25.0 Å². The molecule has 0 aromatic rings. The molecule has 0 aromatic heterocycles. The smallest absolute Gasteiger partial charge is 0.109 e. The van der Waals surface area contributed by atoms with Crippen LogP contribution in [0.2, 0.25) is 0 Å². The van der Waals surface area contributed by atoms with Crippen LogP contribution in [0.5, 0.6) is 0 Å². The van der Waals surface area contributed by atoms with Crippen molar-refractivity contribution in [3.63, 3.8) is 0 Å². The first-order valence-corrected chi connectivity index (χ1v) is 6.71. The van der Waals surface area contributed by atoms with Crippen molar-refractivity contribution in [2.75, 3.05) is 0 Å². The standard InChI is InChI=1S/C15H22O2/c1-9-4-5-12(16)15(3)7-6-11-8-10(2)17-14(11)13(9)15/h4,11-14,16H,2,5-8H2,1,3H3/t11-,12+,13?,14-,15-/m0/s1. The molecule has 2 heteroatoms. The number of hydrogen-bond acceptors (Lipinski definition) is 2. The molecule has 1 saturated carbocycles. The van der Waals surface area contributed by atoms with Crippen LogP contribution in [0.4, 0.5) is 0 Å². The highest BCUT2D eigenvalue weighted by Crippen LogP contribution is 2.56. The summed E-state index contributed by atoms with van der Waals surface area (Å²) in [7, 11) is 0. The van der Waals surface area contributed by atoms with Crippen LogP contribution in [-0.2, 0) is 4.74 Å². The minimum atomic E-state index is -0.213. The first-order chi connectivity index (χ1) is 8.02. The highest BCUT2D eigenvalue weighted by Gasteiger charge is 2.54. The fourth-order valence-corrected chi connectivity index (χ4v) is 4.23. The lowest BCUT2D eigenvalue weighted by atomic mass is 9.56. The molecule has 1 aliphatic heterocycles. The van der Waals surface area contributed by atoms with Gasteiger partial charge in [-0.2, -0.15) is 0 Å². The van der Waals surface area contributed by atoms with E-state index in [-0.39, 0.29) is 17.6 Å². The zero-order chi connectivity index (χ0) is 12.2. The maximum atomic E-state index is 10.3. The molecule has 0 spiro atoms. The summed E-state index contributed by atoms with van der Waals surface area (Å²) in [6.45, 7) is 8.41. The van der Waals surface area contributed by atoms with E-state index in [2.05, 4.69) is 26.5 Å². The number of rotatable bonds is 0. The normalized spacial score (nSPS) is 49.1. The van der Waals surface area contributed by atoms with Crippen LogP contribution >= 0.6 is 0 Å². The van der Waals surface area contributed by atoms with Gasteiger partial charge in [-0.1, -0.05) is 25.2 Å². The van der Waals surface area contributed by atoms with Gasteiger partial charge in [0.05, 0.1) is 11.9 Å². The van der Waals surface area contributed by atoms with Crippen molar-refractivity contribution in [1.29, 1.82) is 0 Å². The van der Waals surface area contributed by atoms with Crippen LogP contribution in [0.25, 0.3) is 0 Å². The zero-order valence-corrected chi connectivity index (χ0v) is 10.8. The predicted molar refractivity (Wildman–Crippen MR) is 67.3 cm³/mol. The van der Waals surface area contributed by atoms with Crippen molar-refractivity contribution in [2.24, 2.45) is 17.3 Å². The lowest BCUT2D eigenvalue weighted by Crippen LogP contribution is -2.52. The minimum absolute atomic E-state index is 0.00458. The molecular weight excluding hydrogens is 212 g/mol. The quantitative estimate of drug-likeness (QED) is 0.653. The maximum Gasteiger partial charge on any atom is 0.109 e. The van der Waals surface area contributed by atoms with Gasteiger partial charge in [0.15, 0.2) is 0 Å². The number of allylic oxidation sites excluding steroid dienone is 1. The topological polar surface area (TPSA) is 29.5 Å². The van der Waals surface area contributed by atoms with Gasteiger partial charge < -0.3 is 9.84 Å². The van der Waals surface area contributed by atoms with E-state index in [1.807, 2.05) is 0 Å². The molecule has 1 saturated heterocycles. The lowest BCUT2D eigenvalue weighted by molar-refractivity contribution is -0.0893. The van der Waals surface area contributed by atoms with Crippen LogP contribution in [0.1, 0.15) is 39.5 Å².